The SMILES string of the molecule is CNC(C)Cc1nc(C)sc1C1(C)CNCC1C. The summed E-state index contributed by atoms with van der Waals surface area (Å²) in [4.78, 5) is 6.27. The van der Waals surface area contributed by atoms with E-state index in [1.807, 2.05) is 18.4 Å². The van der Waals surface area contributed by atoms with E-state index in [9.17, 15) is 0 Å². The second-order valence-corrected chi connectivity index (χ2v) is 7.06. The van der Waals surface area contributed by atoms with Gasteiger partial charge in [-0.1, -0.05) is 13.8 Å². The van der Waals surface area contributed by atoms with Crippen LogP contribution >= 0.6 is 11.3 Å². The highest BCUT2D eigenvalue weighted by Gasteiger charge is 2.40. The number of likely N-dealkylation sites (N-methyl/N-ethyl adjacent to an activating group) is 1. The highest BCUT2D eigenvalue weighted by Crippen LogP contribution is 2.40. The molecule has 0 radical (unpaired) electrons. The zero-order chi connectivity index (χ0) is 13.3. The molecule has 3 unspecified atom stereocenters. The summed E-state index contributed by atoms with van der Waals surface area (Å²) in [5.41, 5.74) is 1.56. The smallest absolute Gasteiger partial charge is 0.0900 e. The lowest BCUT2D eigenvalue weighted by atomic mass is 9.78. The van der Waals surface area contributed by atoms with Crippen molar-refractivity contribution in [2.24, 2.45) is 5.92 Å². The van der Waals surface area contributed by atoms with Crippen LogP contribution in [-0.2, 0) is 11.8 Å². The summed E-state index contributed by atoms with van der Waals surface area (Å²) in [6.45, 7) is 11.3. The zero-order valence-electron chi connectivity index (χ0n) is 12.1. The van der Waals surface area contributed by atoms with Crippen LogP contribution < -0.4 is 10.6 Å². The molecule has 2 heterocycles. The third kappa shape index (κ3) is 2.46. The van der Waals surface area contributed by atoms with Gasteiger partial charge in [-0.3, -0.25) is 0 Å². The predicted octanol–water partition coefficient (Wildman–Crippen LogP) is 2.10. The average Bonchev–Trinajstić information content (AvgIpc) is 2.84. The first-order valence-electron chi connectivity index (χ1n) is 6.82. The third-order valence-electron chi connectivity index (χ3n) is 4.35. The molecule has 0 spiro atoms. The first-order chi connectivity index (χ1) is 8.47. The largest absolute Gasteiger partial charge is 0.317 e. The Hall–Kier alpha value is -0.450. The van der Waals surface area contributed by atoms with E-state index in [0.29, 0.717) is 12.0 Å². The fourth-order valence-electron chi connectivity index (χ4n) is 2.70. The average molecular weight is 267 g/mol. The molecule has 2 rings (SSSR count). The van der Waals surface area contributed by atoms with Crippen molar-refractivity contribution in [2.75, 3.05) is 20.1 Å². The van der Waals surface area contributed by atoms with Crippen LogP contribution in [0.3, 0.4) is 0 Å². The number of nitrogens with one attached hydrogen (secondary N) is 2. The maximum absolute atomic E-state index is 4.77. The minimum Gasteiger partial charge on any atom is -0.317 e. The number of aryl methyl sites for hydroxylation is 1. The van der Waals surface area contributed by atoms with Crippen molar-refractivity contribution >= 4 is 11.3 Å². The first kappa shape index (κ1) is 14.0. The Balaban J connectivity index is 2.32. The van der Waals surface area contributed by atoms with Gasteiger partial charge in [0.1, 0.15) is 0 Å². The Morgan fingerprint density at radius 2 is 2.33 bits per heavy atom. The number of hydrogen-bond donors (Lipinski definition) is 2. The van der Waals surface area contributed by atoms with Crippen LogP contribution in [0.4, 0.5) is 0 Å². The van der Waals surface area contributed by atoms with Crippen LogP contribution in [0.25, 0.3) is 0 Å². The molecule has 3 atom stereocenters. The Morgan fingerprint density at radius 3 is 2.89 bits per heavy atom. The molecule has 1 aliphatic heterocycles. The maximum Gasteiger partial charge on any atom is 0.0900 e. The molecule has 4 heteroatoms. The third-order valence-corrected chi connectivity index (χ3v) is 5.64. The topological polar surface area (TPSA) is 37.0 Å². The molecule has 1 aliphatic rings. The van der Waals surface area contributed by atoms with Crippen LogP contribution in [0.1, 0.15) is 36.3 Å². The minimum atomic E-state index is 0.259. The molecule has 0 amide bonds. The molecule has 0 aromatic carbocycles. The highest BCUT2D eigenvalue weighted by molar-refractivity contribution is 7.11. The van der Waals surface area contributed by atoms with E-state index in [2.05, 4.69) is 38.3 Å². The molecule has 2 N–H and O–H groups in total. The fourth-order valence-corrected chi connectivity index (χ4v) is 3.90. The maximum atomic E-state index is 4.77. The van der Waals surface area contributed by atoms with Gasteiger partial charge in [0, 0.05) is 29.3 Å². The van der Waals surface area contributed by atoms with Crippen LogP contribution in [0, 0.1) is 12.8 Å². The number of aromatic nitrogens is 1. The summed E-state index contributed by atoms with van der Waals surface area (Å²) in [7, 11) is 2.02. The zero-order valence-corrected chi connectivity index (χ0v) is 12.9. The standard InChI is InChI=1S/C14H25N3S/c1-9-7-16-8-14(9,4)13-12(6-10(2)15-5)17-11(3)18-13/h9-10,15-16H,6-8H2,1-5H3. The number of nitrogens with zero attached hydrogens (tertiary/aromatic N) is 1. The minimum absolute atomic E-state index is 0.259. The molecular formula is C14H25N3S. The van der Waals surface area contributed by atoms with Gasteiger partial charge in [0.2, 0.25) is 0 Å². The summed E-state index contributed by atoms with van der Waals surface area (Å²) in [6, 6.07) is 0.485. The van der Waals surface area contributed by atoms with Crippen LogP contribution in [-0.4, -0.2) is 31.2 Å². The van der Waals surface area contributed by atoms with Crippen molar-refractivity contribution in [1.82, 2.24) is 15.6 Å². The molecule has 0 aliphatic carbocycles. The van der Waals surface area contributed by atoms with Crippen LogP contribution in [0.5, 0.6) is 0 Å². The Kier molecular flexibility index (Phi) is 4.09. The molecule has 0 saturated carbocycles. The van der Waals surface area contributed by atoms with E-state index in [-0.39, 0.29) is 5.41 Å². The molecule has 1 saturated heterocycles. The van der Waals surface area contributed by atoms with Gasteiger partial charge >= 0.3 is 0 Å². The Morgan fingerprint density at radius 1 is 1.61 bits per heavy atom. The summed E-state index contributed by atoms with van der Waals surface area (Å²) >= 11 is 1.89. The van der Waals surface area contributed by atoms with Gasteiger partial charge in [0.25, 0.3) is 0 Å². The lowest BCUT2D eigenvalue weighted by molar-refractivity contribution is 0.406. The van der Waals surface area contributed by atoms with Gasteiger partial charge in [-0.05, 0) is 33.4 Å². The van der Waals surface area contributed by atoms with E-state index >= 15 is 0 Å². The van der Waals surface area contributed by atoms with Gasteiger partial charge in [-0.15, -0.1) is 11.3 Å². The van der Waals surface area contributed by atoms with Crippen LogP contribution in [0.15, 0.2) is 0 Å². The van der Waals surface area contributed by atoms with Crippen molar-refractivity contribution in [2.45, 2.75) is 45.6 Å². The lowest BCUT2D eigenvalue weighted by Crippen LogP contribution is -2.32. The van der Waals surface area contributed by atoms with Gasteiger partial charge in [-0.25, -0.2) is 4.98 Å². The molecule has 1 aromatic rings. The Labute approximate surface area is 114 Å². The molecule has 1 aromatic heterocycles. The molecular weight excluding hydrogens is 242 g/mol. The van der Waals surface area contributed by atoms with E-state index in [4.69, 9.17) is 4.98 Å². The molecule has 3 nitrogen and oxygen atoms in total. The van der Waals surface area contributed by atoms with Crippen molar-refractivity contribution in [1.29, 1.82) is 0 Å². The van der Waals surface area contributed by atoms with Gasteiger partial charge in [0.05, 0.1) is 10.7 Å². The number of rotatable bonds is 4. The number of hydrogen-bond acceptors (Lipinski definition) is 4. The molecule has 102 valence electrons. The summed E-state index contributed by atoms with van der Waals surface area (Å²) in [6.07, 6.45) is 1.03. The normalized spacial score (nSPS) is 29.7. The van der Waals surface area contributed by atoms with Gasteiger partial charge < -0.3 is 10.6 Å². The first-order valence-corrected chi connectivity index (χ1v) is 7.63. The van der Waals surface area contributed by atoms with Crippen molar-refractivity contribution in [3.8, 4) is 0 Å². The lowest BCUT2D eigenvalue weighted by Gasteiger charge is -2.28. The van der Waals surface area contributed by atoms with E-state index in [1.54, 1.807) is 0 Å². The predicted molar refractivity (Wildman–Crippen MR) is 78.5 cm³/mol. The van der Waals surface area contributed by atoms with Gasteiger partial charge in [0.15, 0.2) is 0 Å². The fraction of sp³-hybridized carbons (Fsp3) is 0.786. The quantitative estimate of drug-likeness (QED) is 0.877. The molecule has 18 heavy (non-hydrogen) atoms. The molecule has 1 fully saturated rings. The molecule has 0 bridgehead atoms. The second-order valence-electron chi connectivity index (χ2n) is 5.85. The Bertz CT molecular complexity index is 415. The number of thiazole rings is 1. The van der Waals surface area contributed by atoms with Gasteiger partial charge in [-0.2, -0.15) is 0 Å². The van der Waals surface area contributed by atoms with Crippen LogP contribution in [0.2, 0.25) is 0 Å². The van der Waals surface area contributed by atoms with E-state index in [1.165, 1.54) is 15.6 Å². The second kappa shape index (κ2) is 5.27. The summed E-state index contributed by atoms with van der Waals surface area (Å²) in [5.74, 6) is 0.681. The van der Waals surface area contributed by atoms with Crippen molar-refractivity contribution in [3.63, 3.8) is 0 Å². The van der Waals surface area contributed by atoms with E-state index in [0.717, 1.165) is 19.5 Å². The van der Waals surface area contributed by atoms with Crippen molar-refractivity contribution in [3.05, 3.63) is 15.6 Å². The summed E-state index contributed by atoms with van der Waals surface area (Å²) < 4.78 is 0. The monoisotopic (exact) mass is 267 g/mol. The van der Waals surface area contributed by atoms with E-state index < -0.39 is 0 Å². The summed E-state index contributed by atoms with van der Waals surface area (Å²) in [5, 5.41) is 8.04. The highest BCUT2D eigenvalue weighted by atomic mass is 32.1. The van der Waals surface area contributed by atoms with Crippen molar-refractivity contribution < 1.29 is 0 Å².